The third kappa shape index (κ3) is 3.77. The number of alkyl halides is 3. The molecule has 0 unspecified atom stereocenters. The van der Waals surface area contributed by atoms with Crippen molar-refractivity contribution in [2.45, 2.75) is 12.8 Å². The molecule has 0 saturated carbocycles. The van der Waals surface area contributed by atoms with E-state index < -0.39 is 11.7 Å². The summed E-state index contributed by atoms with van der Waals surface area (Å²) in [5.41, 5.74) is 5.16. The summed E-state index contributed by atoms with van der Waals surface area (Å²) in [6.07, 6.45) is -4.49. The molecule has 1 aromatic heterocycles. The number of anilines is 1. The summed E-state index contributed by atoms with van der Waals surface area (Å²) in [5.74, 6) is -0.432. The normalized spacial score (nSPS) is 11.4. The second kappa shape index (κ2) is 5.58. The predicted octanol–water partition coefficient (Wildman–Crippen LogP) is 3.92. The molecule has 0 spiro atoms. The van der Waals surface area contributed by atoms with Gasteiger partial charge in [0.15, 0.2) is 0 Å². The number of pyridine rings is 1. The van der Waals surface area contributed by atoms with Crippen LogP contribution < -0.4 is 10.5 Å². The molecule has 0 aliphatic heterocycles. The molecule has 0 saturated heterocycles. The third-order valence-corrected chi connectivity index (χ3v) is 2.66. The van der Waals surface area contributed by atoms with Gasteiger partial charge in [-0.15, -0.1) is 0 Å². The first-order valence-corrected chi connectivity index (χ1v) is 5.94. The van der Waals surface area contributed by atoms with Gasteiger partial charge in [0, 0.05) is 11.1 Å². The summed E-state index contributed by atoms with van der Waals surface area (Å²) in [5, 5.41) is 0.516. The van der Waals surface area contributed by atoms with Crippen LogP contribution in [0.15, 0.2) is 36.4 Å². The van der Waals surface area contributed by atoms with Crippen LogP contribution in [0.2, 0.25) is 5.02 Å². The molecule has 0 radical (unpaired) electrons. The van der Waals surface area contributed by atoms with E-state index >= 15 is 0 Å². The third-order valence-electron chi connectivity index (χ3n) is 2.42. The topological polar surface area (TPSA) is 48.1 Å². The molecule has 0 amide bonds. The summed E-state index contributed by atoms with van der Waals surface area (Å²) in [4.78, 5) is 3.71. The number of rotatable bonds is 3. The van der Waals surface area contributed by atoms with Crippen molar-refractivity contribution in [3.63, 3.8) is 0 Å². The molecular weight excluding hydrogens is 293 g/mol. The highest BCUT2D eigenvalue weighted by atomic mass is 35.5. The average molecular weight is 303 g/mol. The SMILES string of the molecule is Nc1cc(C(F)(F)F)cc(OCc2cccc(Cl)c2)n1. The van der Waals surface area contributed by atoms with Gasteiger partial charge < -0.3 is 10.5 Å². The smallest absolute Gasteiger partial charge is 0.416 e. The molecule has 0 bridgehead atoms. The minimum Gasteiger partial charge on any atom is -0.473 e. The molecule has 1 aromatic carbocycles. The molecule has 0 aliphatic rings. The van der Waals surface area contributed by atoms with Crippen molar-refractivity contribution in [1.82, 2.24) is 4.98 Å². The van der Waals surface area contributed by atoms with Gasteiger partial charge in [-0.25, -0.2) is 0 Å². The minimum atomic E-state index is -4.49. The van der Waals surface area contributed by atoms with Gasteiger partial charge in [0.25, 0.3) is 0 Å². The number of benzene rings is 1. The number of aromatic nitrogens is 1. The van der Waals surface area contributed by atoms with E-state index in [4.69, 9.17) is 22.1 Å². The molecule has 106 valence electrons. The lowest BCUT2D eigenvalue weighted by molar-refractivity contribution is -0.137. The fraction of sp³-hybridized carbons (Fsp3) is 0.154. The van der Waals surface area contributed by atoms with Crippen LogP contribution in [0.5, 0.6) is 5.88 Å². The van der Waals surface area contributed by atoms with E-state index in [1.54, 1.807) is 24.3 Å². The molecule has 0 atom stereocenters. The molecule has 3 nitrogen and oxygen atoms in total. The zero-order valence-corrected chi connectivity index (χ0v) is 10.9. The molecule has 2 N–H and O–H groups in total. The molecule has 7 heteroatoms. The Bertz CT molecular complexity index is 617. The van der Waals surface area contributed by atoms with Gasteiger partial charge in [0.05, 0.1) is 5.56 Å². The van der Waals surface area contributed by atoms with Crippen LogP contribution in [-0.4, -0.2) is 4.98 Å². The van der Waals surface area contributed by atoms with Crippen molar-refractivity contribution < 1.29 is 17.9 Å². The number of nitrogens with zero attached hydrogens (tertiary/aromatic N) is 1. The second-order valence-corrected chi connectivity index (χ2v) is 4.47. The Labute approximate surface area is 118 Å². The molecule has 0 aliphatic carbocycles. The van der Waals surface area contributed by atoms with Crippen LogP contribution in [0.25, 0.3) is 0 Å². The van der Waals surface area contributed by atoms with Gasteiger partial charge in [0.1, 0.15) is 12.4 Å². The van der Waals surface area contributed by atoms with Gasteiger partial charge >= 0.3 is 6.18 Å². The number of hydrogen-bond acceptors (Lipinski definition) is 3. The average Bonchev–Trinajstić information content (AvgIpc) is 2.35. The van der Waals surface area contributed by atoms with Gasteiger partial charge in [-0.1, -0.05) is 23.7 Å². The van der Waals surface area contributed by atoms with Crippen LogP contribution in [0, 0.1) is 0 Å². The summed E-state index contributed by atoms with van der Waals surface area (Å²) >= 11 is 5.80. The first kappa shape index (κ1) is 14.5. The quantitative estimate of drug-likeness (QED) is 0.935. The van der Waals surface area contributed by atoms with Gasteiger partial charge in [-0.2, -0.15) is 18.2 Å². The number of ether oxygens (including phenoxy) is 1. The maximum Gasteiger partial charge on any atom is 0.416 e. The summed E-state index contributed by atoms with van der Waals surface area (Å²) in [7, 11) is 0. The lowest BCUT2D eigenvalue weighted by Crippen LogP contribution is -2.08. The Morgan fingerprint density at radius 1 is 1.20 bits per heavy atom. The monoisotopic (exact) mass is 302 g/mol. The zero-order chi connectivity index (χ0) is 14.8. The Kier molecular flexibility index (Phi) is 4.04. The first-order chi connectivity index (χ1) is 9.34. The Balaban J connectivity index is 2.16. The maximum absolute atomic E-state index is 12.6. The summed E-state index contributed by atoms with van der Waals surface area (Å²) in [6, 6.07) is 8.36. The van der Waals surface area contributed by atoms with Crippen LogP contribution >= 0.6 is 11.6 Å². The van der Waals surface area contributed by atoms with E-state index in [9.17, 15) is 13.2 Å². The summed E-state index contributed by atoms with van der Waals surface area (Å²) < 4.78 is 43.0. The number of halogens is 4. The van der Waals surface area contributed by atoms with Gasteiger partial charge in [-0.05, 0) is 23.8 Å². The second-order valence-electron chi connectivity index (χ2n) is 4.04. The largest absolute Gasteiger partial charge is 0.473 e. The van der Waals surface area contributed by atoms with E-state index in [0.717, 1.165) is 17.7 Å². The first-order valence-electron chi connectivity index (χ1n) is 5.56. The standard InChI is InChI=1S/C13H10ClF3N2O/c14-10-3-1-2-8(4-10)7-20-12-6-9(13(15,16)17)5-11(18)19-12/h1-6H,7H2,(H2,18,19). The van der Waals surface area contributed by atoms with Crippen LogP contribution in [0.1, 0.15) is 11.1 Å². The molecular formula is C13H10ClF3N2O. The molecule has 1 heterocycles. The van der Waals surface area contributed by atoms with E-state index in [1.165, 1.54) is 0 Å². The Morgan fingerprint density at radius 2 is 1.95 bits per heavy atom. The highest BCUT2D eigenvalue weighted by molar-refractivity contribution is 6.30. The molecule has 2 aromatic rings. The summed E-state index contributed by atoms with van der Waals surface area (Å²) in [6.45, 7) is 0.0499. The van der Waals surface area contributed by atoms with E-state index in [2.05, 4.69) is 4.98 Å². The fourth-order valence-electron chi connectivity index (χ4n) is 1.55. The van der Waals surface area contributed by atoms with Crippen molar-refractivity contribution in [3.8, 4) is 5.88 Å². The number of nitrogens with two attached hydrogens (primary N) is 1. The van der Waals surface area contributed by atoms with Crippen molar-refractivity contribution in [1.29, 1.82) is 0 Å². The van der Waals surface area contributed by atoms with Crippen LogP contribution in [-0.2, 0) is 12.8 Å². The number of nitrogen functional groups attached to an aromatic ring is 1. The lowest BCUT2D eigenvalue weighted by atomic mass is 10.2. The van der Waals surface area contributed by atoms with E-state index in [-0.39, 0.29) is 18.3 Å². The molecule has 20 heavy (non-hydrogen) atoms. The van der Waals surface area contributed by atoms with Gasteiger partial charge in [-0.3, -0.25) is 0 Å². The Hall–Kier alpha value is -1.95. The van der Waals surface area contributed by atoms with Gasteiger partial charge in [0.2, 0.25) is 5.88 Å². The molecule has 2 rings (SSSR count). The minimum absolute atomic E-state index is 0.0499. The van der Waals surface area contributed by atoms with Crippen LogP contribution in [0.3, 0.4) is 0 Å². The highest BCUT2D eigenvalue weighted by Gasteiger charge is 2.31. The van der Waals surface area contributed by atoms with Crippen molar-refractivity contribution >= 4 is 17.4 Å². The maximum atomic E-state index is 12.6. The number of hydrogen-bond donors (Lipinski definition) is 1. The van der Waals surface area contributed by atoms with Crippen molar-refractivity contribution in [3.05, 3.63) is 52.5 Å². The zero-order valence-electron chi connectivity index (χ0n) is 10.1. The highest BCUT2D eigenvalue weighted by Crippen LogP contribution is 2.32. The van der Waals surface area contributed by atoms with E-state index in [0.29, 0.717) is 5.02 Å². The predicted molar refractivity (Wildman–Crippen MR) is 69.4 cm³/mol. The molecule has 0 fully saturated rings. The van der Waals surface area contributed by atoms with Crippen LogP contribution in [0.4, 0.5) is 19.0 Å². The van der Waals surface area contributed by atoms with Crippen molar-refractivity contribution in [2.75, 3.05) is 5.73 Å². The van der Waals surface area contributed by atoms with E-state index in [1.807, 2.05) is 0 Å². The Morgan fingerprint density at radius 3 is 2.60 bits per heavy atom. The van der Waals surface area contributed by atoms with Crippen molar-refractivity contribution in [2.24, 2.45) is 0 Å². The lowest BCUT2D eigenvalue weighted by Gasteiger charge is -2.11. The fourth-order valence-corrected chi connectivity index (χ4v) is 1.76.